The van der Waals surface area contributed by atoms with Gasteiger partial charge in [-0.25, -0.2) is 4.79 Å². The quantitative estimate of drug-likeness (QED) is 0.683. The van der Waals surface area contributed by atoms with Gasteiger partial charge in [-0.3, -0.25) is 0 Å². The molecule has 0 saturated heterocycles. The van der Waals surface area contributed by atoms with Gasteiger partial charge in [0.1, 0.15) is 11.5 Å². The summed E-state index contributed by atoms with van der Waals surface area (Å²) in [5.41, 5.74) is 1.64. The molecule has 2 aromatic carbocycles. The van der Waals surface area contributed by atoms with E-state index in [0.29, 0.717) is 27.5 Å². The van der Waals surface area contributed by atoms with E-state index in [1.165, 1.54) is 20.3 Å². The van der Waals surface area contributed by atoms with E-state index in [-0.39, 0.29) is 5.75 Å². The molecule has 22 heavy (non-hydrogen) atoms. The lowest BCUT2D eigenvalue weighted by Crippen LogP contribution is -2.02. The lowest BCUT2D eigenvalue weighted by molar-refractivity contribution is 0.0600. The first-order valence-electron chi connectivity index (χ1n) is 6.48. The van der Waals surface area contributed by atoms with Crippen molar-refractivity contribution in [2.45, 2.75) is 0 Å². The maximum absolute atomic E-state index is 11.7. The van der Waals surface area contributed by atoms with E-state index in [9.17, 15) is 9.90 Å². The topological polar surface area (TPSA) is 55.8 Å². The molecular formula is C17H15ClO4. The van der Waals surface area contributed by atoms with Gasteiger partial charge in [0.2, 0.25) is 0 Å². The van der Waals surface area contributed by atoms with Crippen LogP contribution in [0.2, 0.25) is 5.02 Å². The van der Waals surface area contributed by atoms with Crippen LogP contribution in [-0.2, 0) is 4.74 Å². The van der Waals surface area contributed by atoms with Crippen molar-refractivity contribution in [3.8, 4) is 11.5 Å². The number of aromatic hydroxyl groups is 1. The second kappa shape index (κ2) is 7.00. The number of carbonyl (C=O) groups is 1. The number of halogens is 1. The molecular weight excluding hydrogens is 304 g/mol. The smallest absolute Gasteiger partial charge is 0.338 e. The average Bonchev–Trinajstić information content (AvgIpc) is 2.54. The maximum atomic E-state index is 11.7. The van der Waals surface area contributed by atoms with Gasteiger partial charge in [0.25, 0.3) is 0 Å². The number of methoxy groups -OCH3 is 2. The second-order valence-electron chi connectivity index (χ2n) is 4.46. The molecule has 0 spiro atoms. The Morgan fingerprint density at radius 1 is 1.14 bits per heavy atom. The van der Waals surface area contributed by atoms with Gasteiger partial charge in [0, 0.05) is 11.6 Å². The van der Waals surface area contributed by atoms with Gasteiger partial charge in [-0.2, -0.15) is 0 Å². The van der Waals surface area contributed by atoms with Crippen molar-refractivity contribution in [1.82, 2.24) is 0 Å². The average molecular weight is 319 g/mol. The van der Waals surface area contributed by atoms with Crippen molar-refractivity contribution in [1.29, 1.82) is 0 Å². The van der Waals surface area contributed by atoms with Gasteiger partial charge in [0.05, 0.1) is 24.8 Å². The predicted molar refractivity (Wildman–Crippen MR) is 86.4 cm³/mol. The summed E-state index contributed by atoms with van der Waals surface area (Å²) < 4.78 is 9.77. The molecule has 0 saturated carbocycles. The lowest BCUT2D eigenvalue weighted by Gasteiger charge is -2.07. The van der Waals surface area contributed by atoms with Crippen LogP contribution >= 0.6 is 11.6 Å². The molecule has 4 nitrogen and oxygen atoms in total. The first kappa shape index (κ1) is 15.9. The summed E-state index contributed by atoms with van der Waals surface area (Å²) in [5, 5.41) is 10.4. The number of phenolic OH excluding ortho intramolecular Hbond substituents is 1. The van der Waals surface area contributed by atoms with Crippen molar-refractivity contribution in [3.05, 3.63) is 58.1 Å². The van der Waals surface area contributed by atoms with Crippen LogP contribution in [-0.4, -0.2) is 25.3 Å². The number of hydrogen-bond acceptors (Lipinski definition) is 4. The Morgan fingerprint density at radius 2 is 1.82 bits per heavy atom. The Hall–Kier alpha value is -2.46. The fourth-order valence-electron chi connectivity index (χ4n) is 1.97. The highest BCUT2D eigenvalue weighted by atomic mass is 35.5. The van der Waals surface area contributed by atoms with Crippen molar-refractivity contribution in [3.63, 3.8) is 0 Å². The largest absolute Gasteiger partial charge is 0.507 e. The van der Waals surface area contributed by atoms with E-state index in [1.54, 1.807) is 36.4 Å². The molecule has 0 heterocycles. The van der Waals surface area contributed by atoms with E-state index < -0.39 is 5.97 Å². The van der Waals surface area contributed by atoms with Crippen molar-refractivity contribution < 1.29 is 19.4 Å². The molecule has 0 aliphatic rings. The van der Waals surface area contributed by atoms with Crippen molar-refractivity contribution in [2.75, 3.05) is 14.2 Å². The SMILES string of the molecule is COC(=O)c1ccccc1C=Cc1cc(Cl)c(OC)cc1O. The Labute approximate surface area is 133 Å². The first-order chi connectivity index (χ1) is 10.6. The number of hydrogen-bond donors (Lipinski definition) is 1. The third-order valence-corrected chi connectivity index (χ3v) is 3.41. The van der Waals surface area contributed by atoms with Crippen molar-refractivity contribution in [2.24, 2.45) is 0 Å². The van der Waals surface area contributed by atoms with Crippen LogP contribution in [0.1, 0.15) is 21.5 Å². The zero-order valence-electron chi connectivity index (χ0n) is 12.2. The van der Waals surface area contributed by atoms with Crippen LogP contribution in [0.4, 0.5) is 0 Å². The monoisotopic (exact) mass is 318 g/mol. The summed E-state index contributed by atoms with van der Waals surface area (Å²) in [6, 6.07) is 10.1. The Morgan fingerprint density at radius 3 is 2.50 bits per heavy atom. The number of phenols is 1. The molecule has 0 radical (unpaired) electrons. The highest BCUT2D eigenvalue weighted by Crippen LogP contribution is 2.32. The molecule has 2 aromatic rings. The highest BCUT2D eigenvalue weighted by Gasteiger charge is 2.10. The molecule has 0 amide bonds. The number of rotatable bonds is 4. The van der Waals surface area contributed by atoms with Crippen LogP contribution in [0.15, 0.2) is 36.4 Å². The fraction of sp³-hybridized carbons (Fsp3) is 0.118. The van der Waals surface area contributed by atoms with E-state index in [0.717, 1.165) is 0 Å². The zero-order chi connectivity index (χ0) is 16.1. The summed E-state index contributed by atoms with van der Waals surface area (Å²) >= 11 is 6.04. The number of carbonyl (C=O) groups excluding carboxylic acids is 1. The highest BCUT2D eigenvalue weighted by molar-refractivity contribution is 6.32. The molecule has 0 bridgehead atoms. The predicted octanol–water partition coefficient (Wildman–Crippen LogP) is 4.01. The van der Waals surface area contributed by atoms with E-state index in [2.05, 4.69) is 0 Å². The number of benzene rings is 2. The molecule has 114 valence electrons. The van der Waals surface area contributed by atoms with Gasteiger partial charge in [-0.05, 0) is 17.7 Å². The van der Waals surface area contributed by atoms with Crippen LogP contribution in [0.3, 0.4) is 0 Å². The van der Waals surface area contributed by atoms with Crippen LogP contribution in [0.5, 0.6) is 11.5 Å². The normalized spacial score (nSPS) is 10.7. The van der Waals surface area contributed by atoms with Crippen molar-refractivity contribution >= 4 is 29.7 Å². The summed E-state index contributed by atoms with van der Waals surface area (Å²) in [6.45, 7) is 0. The molecule has 0 aliphatic heterocycles. The van der Waals surface area contributed by atoms with Gasteiger partial charge >= 0.3 is 5.97 Å². The molecule has 0 unspecified atom stereocenters. The molecule has 1 N–H and O–H groups in total. The van der Waals surface area contributed by atoms with E-state index in [1.807, 2.05) is 6.07 Å². The molecule has 0 fully saturated rings. The summed E-state index contributed by atoms with van der Waals surface area (Å²) in [6.07, 6.45) is 3.38. The van der Waals surface area contributed by atoms with Crippen LogP contribution in [0, 0.1) is 0 Å². The van der Waals surface area contributed by atoms with Gasteiger partial charge in [-0.15, -0.1) is 0 Å². The Balaban J connectivity index is 2.38. The minimum Gasteiger partial charge on any atom is -0.507 e. The van der Waals surface area contributed by atoms with Gasteiger partial charge in [-0.1, -0.05) is 42.0 Å². The minimum atomic E-state index is -0.419. The molecule has 0 aliphatic carbocycles. The van der Waals surface area contributed by atoms with E-state index >= 15 is 0 Å². The maximum Gasteiger partial charge on any atom is 0.338 e. The summed E-state index contributed by atoms with van der Waals surface area (Å²) in [5.74, 6) is 0.0107. The molecule has 0 atom stereocenters. The summed E-state index contributed by atoms with van der Waals surface area (Å²) in [4.78, 5) is 11.7. The molecule has 2 rings (SSSR count). The third-order valence-electron chi connectivity index (χ3n) is 3.11. The first-order valence-corrected chi connectivity index (χ1v) is 6.86. The Bertz CT molecular complexity index is 723. The molecule has 0 aromatic heterocycles. The minimum absolute atomic E-state index is 0.0352. The lowest BCUT2D eigenvalue weighted by atomic mass is 10.1. The van der Waals surface area contributed by atoms with Gasteiger partial charge < -0.3 is 14.6 Å². The second-order valence-corrected chi connectivity index (χ2v) is 4.86. The van der Waals surface area contributed by atoms with Crippen LogP contribution < -0.4 is 4.74 Å². The number of esters is 1. The van der Waals surface area contributed by atoms with Gasteiger partial charge in [0.15, 0.2) is 0 Å². The summed E-state index contributed by atoms with van der Waals surface area (Å²) in [7, 11) is 2.81. The standard InChI is InChI=1S/C17H15ClO4/c1-21-16-10-15(19)12(9-14(16)18)8-7-11-5-3-4-6-13(11)17(20)22-2/h3-10,19H,1-2H3. The zero-order valence-corrected chi connectivity index (χ0v) is 12.9. The number of ether oxygens (including phenoxy) is 2. The van der Waals surface area contributed by atoms with E-state index in [4.69, 9.17) is 21.1 Å². The fourth-order valence-corrected chi connectivity index (χ4v) is 2.21. The molecule has 5 heteroatoms. The Kier molecular flexibility index (Phi) is 5.07. The third kappa shape index (κ3) is 3.40. The van der Waals surface area contributed by atoms with Crippen LogP contribution in [0.25, 0.3) is 12.2 Å².